The first kappa shape index (κ1) is 10.8. The second kappa shape index (κ2) is 3.84. The van der Waals surface area contributed by atoms with E-state index in [0.717, 1.165) is 24.2 Å². The number of benzene rings is 1. The van der Waals surface area contributed by atoms with Crippen LogP contribution in [-0.4, -0.2) is 19.5 Å². The molecule has 1 saturated carbocycles. The standard InChI is InChI=1S/C14H18N2O/c1-15-9-14(4-5-14)8-10-2-3-12-11(6-10)7-13(17)16-12/h2-3,6,15H,4-5,7-9H2,1H3,(H,16,17). The largest absolute Gasteiger partial charge is 0.326 e. The van der Waals surface area contributed by atoms with Crippen molar-refractivity contribution in [2.75, 3.05) is 18.9 Å². The first-order valence-corrected chi connectivity index (χ1v) is 6.27. The third-order valence-corrected chi connectivity index (χ3v) is 3.88. The quantitative estimate of drug-likeness (QED) is 0.827. The summed E-state index contributed by atoms with van der Waals surface area (Å²) in [6.07, 6.45) is 4.32. The molecule has 1 fully saturated rings. The summed E-state index contributed by atoms with van der Waals surface area (Å²) in [7, 11) is 2.02. The summed E-state index contributed by atoms with van der Waals surface area (Å²) in [5, 5.41) is 6.16. The predicted octanol–water partition coefficient (Wildman–Crippen LogP) is 1.72. The van der Waals surface area contributed by atoms with E-state index in [1.165, 1.54) is 18.4 Å². The van der Waals surface area contributed by atoms with Gasteiger partial charge in [-0.15, -0.1) is 0 Å². The molecule has 3 heteroatoms. The van der Waals surface area contributed by atoms with E-state index < -0.39 is 0 Å². The van der Waals surface area contributed by atoms with E-state index in [4.69, 9.17) is 0 Å². The lowest BCUT2D eigenvalue weighted by molar-refractivity contribution is -0.115. The Labute approximate surface area is 102 Å². The smallest absolute Gasteiger partial charge is 0.228 e. The van der Waals surface area contributed by atoms with Crippen molar-refractivity contribution in [3.8, 4) is 0 Å². The molecule has 1 amide bonds. The van der Waals surface area contributed by atoms with Crippen LogP contribution in [0.2, 0.25) is 0 Å². The van der Waals surface area contributed by atoms with Crippen LogP contribution in [0.1, 0.15) is 24.0 Å². The molecule has 3 rings (SSSR count). The number of hydrogen-bond donors (Lipinski definition) is 2. The van der Waals surface area contributed by atoms with E-state index in [1.807, 2.05) is 13.1 Å². The Balaban J connectivity index is 1.77. The third-order valence-electron chi connectivity index (χ3n) is 3.88. The highest BCUT2D eigenvalue weighted by molar-refractivity contribution is 5.99. The lowest BCUT2D eigenvalue weighted by Gasteiger charge is -2.15. The maximum Gasteiger partial charge on any atom is 0.228 e. The van der Waals surface area contributed by atoms with Gasteiger partial charge in [-0.3, -0.25) is 4.79 Å². The Morgan fingerprint density at radius 3 is 2.94 bits per heavy atom. The van der Waals surface area contributed by atoms with Crippen LogP contribution < -0.4 is 10.6 Å². The van der Waals surface area contributed by atoms with Gasteiger partial charge in [-0.25, -0.2) is 0 Å². The van der Waals surface area contributed by atoms with E-state index in [1.54, 1.807) is 0 Å². The minimum atomic E-state index is 0.119. The number of carbonyl (C=O) groups excluding carboxylic acids is 1. The SMILES string of the molecule is CNCC1(Cc2ccc3c(c2)CC(=O)N3)CC1. The van der Waals surface area contributed by atoms with Gasteiger partial charge in [0.05, 0.1) is 6.42 Å². The molecule has 0 radical (unpaired) electrons. The van der Waals surface area contributed by atoms with Crippen molar-refractivity contribution in [2.45, 2.75) is 25.7 Å². The minimum absolute atomic E-state index is 0.119. The zero-order valence-corrected chi connectivity index (χ0v) is 10.2. The Hall–Kier alpha value is -1.35. The van der Waals surface area contributed by atoms with Gasteiger partial charge >= 0.3 is 0 Å². The van der Waals surface area contributed by atoms with Crippen molar-refractivity contribution in [1.29, 1.82) is 0 Å². The molecule has 0 unspecified atom stereocenters. The number of nitrogens with one attached hydrogen (secondary N) is 2. The second-order valence-corrected chi connectivity index (χ2v) is 5.42. The molecule has 1 aromatic rings. The molecule has 17 heavy (non-hydrogen) atoms. The van der Waals surface area contributed by atoms with Gasteiger partial charge in [-0.1, -0.05) is 12.1 Å². The van der Waals surface area contributed by atoms with Crippen LogP contribution in [0.3, 0.4) is 0 Å². The molecule has 0 aromatic heterocycles. The molecular formula is C14H18N2O. The molecule has 2 N–H and O–H groups in total. The zero-order chi connectivity index (χ0) is 11.9. The maximum absolute atomic E-state index is 11.3. The van der Waals surface area contributed by atoms with Crippen LogP contribution in [0.25, 0.3) is 0 Å². The second-order valence-electron chi connectivity index (χ2n) is 5.42. The number of fused-ring (bicyclic) bond motifs is 1. The van der Waals surface area contributed by atoms with Crippen molar-refractivity contribution in [2.24, 2.45) is 5.41 Å². The van der Waals surface area contributed by atoms with Crippen molar-refractivity contribution in [3.63, 3.8) is 0 Å². The summed E-state index contributed by atoms with van der Waals surface area (Å²) >= 11 is 0. The van der Waals surface area contributed by atoms with Gasteiger partial charge in [0.1, 0.15) is 0 Å². The van der Waals surface area contributed by atoms with Gasteiger partial charge < -0.3 is 10.6 Å². The molecule has 0 saturated heterocycles. The molecule has 1 heterocycles. The lowest BCUT2D eigenvalue weighted by atomic mass is 9.95. The van der Waals surface area contributed by atoms with Crippen molar-refractivity contribution in [3.05, 3.63) is 29.3 Å². The predicted molar refractivity (Wildman–Crippen MR) is 68.1 cm³/mol. The van der Waals surface area contributed by atoms with Crippen LogP contribution in [0.15, 0.2) is 18.2 Å². The van der Waals surface area contributed by atoms with Crippen LogP contribution >= 0.6 is 0 Å². The first-order valence-electron chi connectivity index (χ1n) is 6.27. The van der Waals surface area contributed by atoms with Crippen LogP contribution in [0, 0.1) is 5.41 Å². The molecule has 1 aromatic carbocycles. The Bertz CT molecular complexity index is 463. The molecule has 1 aliphatic carbocycles. The van der Waals surface area contributed by atoms with E-state index in [9.17, 15) is 4.79 Å². The molecular weight excluding hydrogens is 212 g/mol. The third kappa shape index (κ3) is 2.07. The highest BCUT2D eigenvalue weighted by Gasteiger charge is 2.41. The minimum Gasteiger partial charge on any atom is -0.326 e. The summed E-state index contributed by atoms with van der Waals surface area (Å²) in [6.45, 7) is 1.10. The monoisotopic (exact) mass is 230 g/mol. The Morgan fingerprint density at radius 2 is 2.24 bits per heavy atom. The molecule has 2 aliphatic rings. The average Bonchev–Trinajstić information content (AvgIpc) is 2.91. The normalized spacial score (nSPS) is 19.9. The molecule has 3 nitrogen and oxygen atoms in total. The Morgan fingerprint density at radius 1 is 1.41 bits per heavy atom. The van der Waals surface area contributed by atoms with Crippen LogP contribution in [0.5, 0.6) is 0 Å². The van der Waals surface area contributed by atoms with E-state index in [-0.39, 0.29) is 5.91 Å². The summed E-state index contributed by atoms with van der Waals surface area (Å²) < 4.78 is 0. The van der Waals surface area contributed by atoms with Crippen molar-refractivity contribution >= 4 is 11.6 Å². The molecule has 0 spiro atoms. The van der Waals surface area contributed by atoms with Gasteiger partial charge in [0.2, 0.25) is 5.91 Å². The maximum atomic E-state index is 11.3. The lowest BCUT2D eigenvalue weighted by Crippen LogP contribution is -2.21. The highest BCUT2D eigenvalue weighted by atomic mass is 16.1. The van der Waals surface area contributed by atoms with Gasteiger partial charge in [-0.2, -0.15) is 0 Å². The van der Waals surface area contributed by atoms with Gasteiger partial charge in [-0.05, 0) is 48.9 Å². The van der Waals surface area contributed by atoms with Gasteiger partial charge in [0.25, 0.3) is 0 Å². The number of rotatable bonds is 4. The van der Waals surface area contributed by atoms with Crippen LogP contribution in [-0.2, 0) is 17.6 Å². The number of anilines is 1. The summed E-state index contributed by atoms with van der Waals surface area (Å²) in [6, 6.07) is 6.40. The highest BCUT2D eigenvalue weighted by Crippen LogP contribution is 2.48. The molecule has 90 valence electrons. The molecule has 1 aliphatic heterocycles. The van der Waals surface area contributed by atoms with Gasteiger partial charge in [0.15, 0.2) is 0 Å². The summed E-state index contributed by atoms with van der Waals surface area (Å²) in [5.74, 6) is 0.119. The van der Waals surface area contributed by atoms with Gasteiger partial charge in [0, 0.05) is 12.2 Å². The number of hydrogen-bond acceptors (Lipinski definition) is 2. The number of amides is 1. The van der Waals surface area contributed by atoms with E-state index in [2.05, 4.69) is 22.8 Å². The summed E-state index contributed by atoms with van der Waals surface area (Å²) in [4.78, 5) is 11.3. The topological polar surface area (TPSA) is 41.1 Å². The first-order chi connectivity index (χ1) is 8.21. The fourth-order valence-corrected chi connectivity index (χ4v) is 2.79. The van der Waals surface area contributed by atoms with E-state index in [0.29, 0.717) is 11.8 Å². The molecule has 0 bridgehead atoms. The average molecular weight is 230 g/mol. The number of carbonyl (C=O) groups is 1. The Kier molecular flexibility index (Phi) is 2.44. The van der Waals surface area contributed by atoms with Crippen LogP contribution in [0.4, 0.5) is 5.69 Å². The van der Waals surface area contributed by atoms with E-state index >= 15 is 0 Å². The fourth-order valence-electron chi connectivity index (χ4n) is 2.79. The van der Waals surface area contributed by atoms with Crippen molar-refractivity contribution < 1.29 is 4.79 Å². The van der Waals surface area contributed by atoms with Crippen molar-refractivity contribution in [1.82, 2.24) is 5.32 Å². The zero-order valence-electron chi connectivity index (χ0n) is 10.2. The summed E-state index contributed by atoms with van der Waals surface area (Å²) in [5.41, 5.74) is 4.01. The molecule has 0 atom stereocenters. The fraction of sp³-hybridized carbons (Fsp3) is 0.500.